The van der Waals surface area contributed by atoms with Crippen LogP contribution in [-0.2, 0) is 4.79 Å². The Kier molecular flexibility index (Phi) is 3.57. The molecule has 1 saturated heterocycles. The highest BCUT2D eigenvalue weighted by molar-refractivity contribution is 5.76. The average molecular weight is 168 g/mol. The number of piperidine rings is 1. The number of rotatable bonds is 2. The predicted octanol–water partition coefficient (Wildman–Crippen LogP) is 1.86. The summed E-state index contributed by atoms with van der Waals surface area (Å²) in [6.45, 7) is 7.89. The van der Waals surface area contributed by atoms with E-state index in [-0.39, 0.29) is 0 Å². The van der Waals surface area contributed by atoms with E-state index in [1.807, 2.05) is 11.8 Å². The number of carbonyl (C=O) groups excluding carboxylic acids is 1. The van der Waals surface area contributed by atoms with Crippen LogP contribution in [0.15, 0.2) is 0 Å². The Hall–Kier alpha value is -0.530. The lowest BCUT2D eigenvalue weighted by molar-refractivity contribution is -0.132. The van der Waals surface area contributed by atoms with Gasteiger partial charge in [0.25, 0.3) is 0 Å². The molecular formula is C10H18NO. The van der Waals surface area contributed by atoms with Gasteiger partial charge in [-0.1, -0.05) is 13.8 Å². The second-order valence-electron chi connectivity index (χ2n) is 3.57. The maximum Gasteiger partial charge on any atom is 0.222 e. The van der Waals surface area contributed by atoms with Crippen molar-refractivity contribution in [3.63, 3.8) is 0 Å². The largest absolute Gasteiger partial charge is 0.343 e. The monoisotopic (exact) mass is 168 g/mol. The van der Waals surface area contributed by atoms with E-state index in [1.54, 1.807) is 0 Å². The maximum atomic E-state index is 11.4. The molecule has 1 amide bonds. The Morgan fingerprint density at radius 2 is 2.08 bits per heavy atom. The summed E-state index contributed by atoms with van der Waals surface area (Å²) in [5.74, 6) is 0.889. The van der Waals surface area contributed by atoms with Crippen molar-refractivity contribution in [2.45, 2.75) is 32.6 Å². The van der Waals surface area contributed by atoms with Crippen LogP contribution < -0.4 is 0 Å². The standard InChI is InChI=1S/C10H18NO/c1-3-4-10(12)11-7-5-9(2)6-8-11/h9H,2-8H2,1H3. The molecule has 0 atom stereocenters. The van der Waals surface area contributed by atoms with E-state index in [4.69, 9.17) is 0 Å². The van der Waals surface area contributed by atoms with Gasteiger partial charge in [0.05, 0.1) is 0 Å². The molecule has 0 saturated carbocycles. The Morgan fingerprint density at radius 1 is 1.50 bits per heavy atom. The van der Waals surface area contributed by atoms with Crippen LogP contribution >= 0.6 is 0 Å². The van der Waals surface area contributed by atoms with Crippen molar-refractivity contribution in [2.24, 2.45) is 5.92 Å². The molecule has 1 aliphatic rings. The van der Waals surface area contributed by atoms with Crippen LogP contribution in [-0.4, -0.2) is 23.9 Å². The van der Waals surface area contributed by atoms with E-state index < -0.39 is 0 Å². The van der Waals surface area contributed by atoms with Gasteiger partial charge < -0.3 is 4.90 Å². The van der Waals surface area contributed by atoms with Gasteiger partial charge in [-0.2, -0.15) is 0 Å². The van der Waals surface area contributed by atoms with Crippen molar-refractivity contribution in [2.75, 3.05) is 13.1 Å². The van der Waals surface area contributed by atoms with E-state index in [9.17, 15) is 4.79 Å². The summed E-state index contributed by atoms with van der Waals surface area (Å²) in [5.41, 5.74) is 0. The first-order valence-electron chi connectivity index (χ1n) is 4.85. The van der Waals surface area contributed by atoms with Crippen molar-refractivity contribution < 1.29 is 4.79 Å². The van der Waals surface area contributed by atoms with Crippen LogP contribution in [0.3, 0.4) is 0 Å². The zero-order chi connectivity index (χ0) is 8.97. The average Bonchev–Trinajstić information content (AvgIpc) is 2.06. The van der Waals surface area contributed by atoms with E-state index in [1.165, 1.54) is 0 Å². The Balaban J connectivity index is 2.29. The normalized spacial score (nSPS) is 19.7. The first-order chi connectivity index (χ1) is 5.74. The third kappa shape index (κ3) is 2.50. The highest BCUT2D eigenvalue weighted by Crippen LogP contribution is 2.16. The fourth-order valence-corrected chi connectivity index (χ4v) is 1.55. The van der Waals surface area contributed by atoms with Crippen LogP contribution in [0, 0.1) is 12.8 Å². The maximum absolute atomic E-state index is 11.4. The zero-order valence-electron chi connectivity index (χ0n) is 7.88. The lowest BCUT2D eigenvalue weighted by Crippen LogP contribution is -2.37. The fourth-order valence-electron chi connectivity index (χ4n) is 1.55. The zero-order valence-corrected chi connectivity index (χ0v) is 7.88. The lowest BCUT2D eigenvalue weighted by atomic mass is 9.99. The number of hydrogen-bond donors (Lipinski definition) is 0. The molecular weight excluding hydrogens is 150 g/mol. The van der Waals surface area contributed by atoms with E-state index in [2.05, 4.69) is 6.92 Å². The molecule has 2 heteroatoms. The first-order valence-corrected chi connectivity index (χ1v) is 4.85. The topological polar surface area (TPSA) is 20.3 Å². The van der Waals surface area contributed by atoms with Crippen LogP contribution in [0.4, 0.5) is 0 Å². The summed E-state index contributed by atoms with van der Waals surface area (Å²) in [7, 11) is 0. The molecule has 1 heterocycles. The molecule has 1 fully saturated rings. The molecule has 0 aromatic heterocycles. The van der Waals surface area contributed by atoms with Gasteiger partial charge in [0.15, 0.2) is 0 Å². The second-order valence-corrected chi connectivity index (χ2v) is 3.57. The molecule has 12 heavy (non-hydrogen) atoms. The Morgan fingerprint density at radius 3 is 2.58 bits per heavy atom. The van der Waals surface area contributed by atoms with Gasteiger partial charge in [-0.3, -0.25) is 4.79 Å². The van der Waals surface area contributed by atoms with Crippen molar-refractivity contribution in [3.8, 4) is 0 Å². The van der Waals surface area contributed by atoms with Gasteiger partial charge in [-0.05, 0) is 25.2 Å². The molecule has 0 spiro atoms. The van der Waals surface area contributed by atoms with Crippen LogP contribution in [0.2, 0.25) is 0 Å². The number of likely N-dealkylation sites (tertiary alicyclic amines) is 1. The van der Waals surface area contributed by atoms with Crippen LogP contribution in [0.1, 0.15) is 32.6 Å². The van der Waals surface area contributed by atoms with Crippen molar-refractivity contribution in [1.82, 2.24) is 4.90 Å². The summed E-state index contributed by atoms with van der Waals surface area (Å²) in [6.07, 6.45) is 3.83. The quantitative estimate of drug-likeness (QED) is 0.616. The molecule has 0 aliphatic carbocycles. The fraction of sp³-hybridized carbons (Fsp3) is 0.800. The summed E-state index contributed by atoms with van der Waals surface area (Å²) < 4.78 is 0. The van der Waals surface area contributed by atoms with E-state index in [0.29, 0.717) is 18.2 Å². The molecule has 0 N–H and O–H groups in total. The predicted molar refractivity (Wildman–Crippen MR) is 49.6 cm³/mol. The van der Waals surface area contributed by atoms with Gasteiger partial charge in [-0.15, -0.1) is 0 Å². The molecule has 0 aromatic rings. The molecule has 69 valence electrons. The van der Waals surface area contributed by atoms with Crippen molar-refractivity contribution in [1.29, 1.82) is 0 Å². The summed E-state index contributed by atoms with van der Waals surface area (Å²) >= 11 is 0. The lowest BCUT2D eigenvalue weighted by Gasteiger charge is -2.30. The van der Waals surface area contributed by atoms with Gasteiger partial charge in [-0.25, -0.2) is 0 Å². The van der Waals surface area contributed by atoms with Crippen molar-refractivity contribution in [3.05, 3.63) is 6.92 Å². The minimum atomic E-state index is 0.324. The summed E-state index contributed by atoms with van der Waals surface area (Å²) in [4.78, 5) is 13.4. The minimum absolute atomic E-state index is 0.324. The first kappa shape index (κ1) is 9.56. The van der Waals surface area contributed by atoms with Crippen LogP contribution in [0.5, 0.6) is 0 Å². The Labute approximate surface area is 74.9 Å². The van der Waals surface area contributed by atoms with Gasteiger partial charge in [0, 0.05) is 19.5 Å². The summed E-state index contributed by atoms with van der Waals surface area (Å²) in [5, 5.41) is 0. The molecule has 0 aromatic carbocycles. The summed E-state index contributed by atoms with van der Waals surface area (Å²) in [6, 6.07) is 0. The Bertz CT molecular complexity index is 148. The highest BCUT2D eigenvalue weighted by atomic mass is 16.2. The molecule has 0 bridgehead atoms. The molecule has 1 aliphatic heterocycles. The van der Waals surface area contributed by atoms with E-state index in [0.717, 1.165) is 32.4 Å². The smallest absolute Gasteiger partial charge is 0.222 e. The number of amides is 1. The van der Waals surface area contributed by atoms with E-state index >= 15 is 0 Å². The van der Waals surface area contributed by atoms with Gasteiger partial charge in [0.2, 0.25) is 5.91 Å². The minimum Gasteiger partial charge on any atom is -0.343 e. The number of hydrogen-bond acceptors (Lipinski definition) is 1. The molecule has 0 unspecified atom stereocenters. The molecule has 1 rings (SSSR count). The van der Waals surface area contributed by atoms with Crippen LogP contribution in [0.25, 0.3) is 0 Å². The number of carbonyl (C=O) groups is 1. The third-order valence-electron chi connectivity index (χ3n) is 2.43. The second kappa shape index (κ2) is 4.48. The van der Waals surface area contributed by atoms with Crippen molar-refractivity contribution >= 4 is 5.91 Å². The SMILES string of the molecule is [CH2]C1CCN(C(=O)CCC)CC1. The van der Waals surface area contributed by atoms with Gasteiger partial charge in [0.1, 0.15) is 0 Å². The molecule has 2 nitrogen and oxygen atoms in total. The highest BCUT2D eigenvalue weighted by Gasteiger charge is 2.18. The third-order valence-corrected chi connectivity index (χ3v) is 2.43. The van der Waals surface area contributed by atoms with Gasteiger partial charge >= 0.3 is 0 Å². The number of nitrogens with zero attached hydrogens (tertiary/aromatic N) is 1. The molecule has 1 radical (unpaired) electrons.